The average molecular weight is 162 g/mol. The van der Waals surface area contributed by atoms with Crippen LogP contribution in [-0.2, 0) is 4.79 Å². The van der Waals surface area contributed by atoms with E-state index in [1.54, 1.807) is 0 Å². The fourth-order valence-corrected chi connectivity index (χ4v) is 1.40. The summed E-state index contributed by atoms with van der Waals surface area (Å²) >= 11 is 0. The maximum Gasteiger partial charge on any atom is 0.248 e. The van der Waals surface area contributed by atoms with E-state index < -0.39 is 5.92 Å². The van der Waals surface area contributed by atoms with Gasteiger partial charge in [0.2, 0.25) is 5.92 Å². The Hall–Kier alpha value is -0.470. The topological polar surface area (TPSA) is 17.1 Å². The first kappa shape index (κ1) is 8.62. The van der Waals surface area contributed by atoms with E-state index in [0.717, 1.165) is 0 Å². The Balaban J connectivity index is 2.09. The van der Waals surface area contributed by atoms with Crippen molar-refractivity contribution in [3.63, 3.8) is 0 Å². The van der Waals surface area contributed by atoms with E-state index in [1.165, 1.54) is 6.92 Å². The van der Waals surface area contributed by atoms with Crippen LogP contribution in [0.2, 0.25) is 0 Å². The number of ketones is 1. The first-order valence-corrected chi connectivity index (χ1v) is 3.87. The molecule has 0 aromatic carbocycles. The molecule has 1 saturated carbocycles. The van der Waals surface area contributed by atoms with Crippen LogP contribution in [0.4, 0.5) is 8.78 Å². The Morgan fingerprint density at radius 3 is 2.45 bits per heavy atom. The Kier molecular flexibility index (Phi) is 2.25. The van der Waals surface area contributed by atoms with E-state index in [1.807, 2.05) is 0 Å². The predicted octanol–water partition coefficient (Wildman–Crippen LogP) is 2.40. The highest BCUT2D eigenvalue weighted by atomic mass is 19.3. The van der Waals surface area contributed by atoms with E-state index in [2.05, 4.69) is 0 Å². The molecule has 0 unspecified atom stereocenters. The molecule has 1 nitrogen and oxygen atoms in total. The second-order valence-electron chi connectivity index (χ2n) is 3.37. The lowest BCUT2D eigenvalue weighted by Crippen LogP contribution is -2.35. The maximum absolute atomic E-state index is 12.2. The zero-order valence-electron chi connectivity index (χ0n) is 6.57. The van der Waals surface area contributed by atoms with E-state index in [0.29, 0.717) is 12.8 Å². The van der Waals surface area contributed by atoms with Gasteiger partial charge in [0, 0.05) is 19.3 Å². The lowest BCUT2D eigenvalue weighted by molar-refractivity contribution is -0.123. The van der Waals surface area contributed by atoms with Gasteiger partial charge >= 0.3 is 0 Å². The highest BCUT2D eigenvalue weighted by Gasteiger charge is 2.44. The molecule has 1 rings (SSSR count). The molecular weight excluding hydrogens is 150 g/mol. The standard InChI is InChI=1S/C8H12F2O/c1-6(11)2-3-7-4-8(9,10)5-7/h7H,2-5H2,1H3. The first-order valence-electron chi connectivity index (χ1n) is 3.87. The molecule has 0 radical (unpaired) electrons. The average Bonchev–Trinajstić information content (AvgIpc) is 1.78. The molecule has 0 bridgehead atoms. The third-order valence-corrected chi connectivity index (χ3v) is 2.08. The smallest absolute Gasteiger partial charge is 0.248 e. The van der Waals surface area contributed by atoms with Crippen molar-refractivity contribution in [3.05, 3.63) is 0 Å². The first-order chi connectivity index (χ1) is 4.99. The number of hydrogen-bond donors (Lipinski definition) is 0. The molecule has 0 atom stereocenters. The highest BCUT2D eigenvalue weighted by Crippen LogP contribution is 2.44. The second-order valence-corrected chi connectivity index (χ2v) is 3.37. The molecule has 1 aliphatic rings. The van der Waals surface area contributed by atoms with Gasteiger partial charge in [-0.05, 0) is 19.3 Å². The summed E-state index contributed by atoms with van der Waals surface area (Å²) in [7, 11) is 0. The van der Waals surface area contributed by atoms with Crippen LogP contribution in [0.15, 0.2) is 0 Å². The minimum absolute atomic E-state index is 0.0136. The summed E-state index contributed by atoms with van der Waals surface area (Å²) in [6.45, 7) is 1.50. The van der Waals surface area contributed by atoms with Gasteiger partial charge in [-0.15, -0.1) is 0 Å². The fraction of sp³-hybridized carbons (Fsp3) is 0.875. The van der Waals surface area contributed by atoms with Crippen LogP contribution in [0.25, 0.3) is 0 Å². The van der Waals surface area contributed by atoms with Gasteiger partial charge in [0.1, 0.15) is 5.78 Å². The summed E-state index contributed by atoms with van der Waals surface area (Å²) in [5.74, 6) is -2.24. The van der Waals surface area contributed by atoms with Gasteiger partial charge in [-0.1, -0.05) is 0 Å². The van der Waals surface area contributed by atoms with Crippen molar-refractivity contribution in [3.8, 4) is 0 Å². The maximum atomic E-state index is 12.2. The van der Waals surface area contributed by atoms with Crippen molar-refractivity contribution in [2.75, 3.05) is 0 Å². The van der Waals surface area contributed by atoms with Crippen molar-refractivity contribution < 1.29 is 13.6 Å². The number of Topliss-reactive ketones (excluding diaryl/α,β-unsaturated/α-hetero) is 1. The van der Waals surface area contributed by atoms with Crippen LogP contribution in [0.3, 0.4) is 0 Å². The monoisotopic (exact) mass is 162 g/mol. The molecule has 3 heteroatoms. The summed E-state index contributed by atoms with van der Waals surface area (Å²) in [5, 5.41) is 0. The molecule has 0 spiro atoms. The molecular formula is C8H12F2O. The predicted molar refractivity (Wildman–Crippen MR) is 37.6 cm³/mol. The Morgan fingerprint density at radius 2 is 2.09 bits per heavy atom. The lowest BCUT2D eigenvalue weighted by atomic mass is 9.78. The summed E-state index contributed by atoms with van der Waals surface area (Å²) < 4.78 is 24.5. The molecule has 0 aromatic heterocycles. The molecule has 1 fully saturated rings. The molecule has 0 saturated heterocycles. The zero-order valence-corrected chi connectivity index (χ0v) is 6.57. The minimum Gasteiger partial charge on any atom is -0.300 e. The quantitative estimate of drug-likeness (QED) is 0.622. The summed E-state index contributed by atoms with van der Waals surface area (Å²) in [5.41, 5.74) is 0. The van der Waals surface area contributed by atoms with E-state index in [4.69, 9.17) is 0 Å². The van der Waals surface area contributed by atoms with Crippen LogP contribution >= 0.6 is 0 Å². The molecule has 0 N–H and O–H groups in total. The molecule has 0 aromatic rings. The van der Waals surface area contributed by atoms with E-state index in [-0.39, 0.29) is 24.5 Å². The number of carbonyl (C=O) groups excluding carboxylic acids is 1. The van der Waals surface area contributed by atoms with E-state index >= 15 is 0 Å². The molecule has 0 aliphatic heterocycles. The van der Waals surface area contributed by atoms with Crippen molar-refractivity contribution in [2.45, 2.75) is 38.5 Å². The highest BCUT2D eigenvalue weighted by molar-refractivity contribution is 5.75. The number of hydrogen-bond acceptors (Lipinski definition) is 1. The molecule has 0 heterocycles. The van der Waals surface area contributed by atoms with Crippen LogP contribution < -0.4 is 0 Å². The molecule has 11 heavy (non-hydrogen) atoms. The minimum atomic E-state index is -2.43. The van der Waals surface area contributed by atoms with Crippen molar-refractivity contribution in [1.82, 2.24) is 0 Å². The van der Waals surface area contributed by atoms with Gasteiger partial charge in [0.25, 0.3) is 0 Å². The zero-order chi connectivity index (χ0) is 8.48. The van der Waals surface area contributed by atoms with Gasteiger partial charge in [-0.3, -0.25) is 0 Å². The number of carbonyl (C=O) groups is 1. The number of halogens is 2. The number of rotatable bonds is 3. The summed E-state index contributed by atoms with van der Waals surface area (Å²) in [6, 6.07) is 0. The Morgan fingerprint density at radius 1 is 1.55 bits per heavy atom. The van der Waals surface area contributed by atoms with Crippen LogP contribution in [0, 0.1) is 5.92 Å². The molecule has 1 aliphatic carbocycles. The van der Waals surface area contributed by atoms with Crippen molar-refractivity contribution in [2.24, 2.45) is 5.92 Å². The van der Waals surface area contributed by atoms with Gasteiger partial charge in [-0.2, -0.15) is 0 Å². The van der Waals surface area contributed by atoms with Gasteiger partial charge in [-0.25, -0.2) is 8.78 Å². The third kappa shape index (κ3) is 2.56. The largest absolute Gasteiger partial charge is 0.300 e. The van der Waals surface area contributed by atoms with Crippen molar-refractivity contribution in [1.29, 1.82) is 0 Å². The lowest BCUT2D eigenvalue weighted by Gasteiger charge is -2.34. The van der Waals surface area contributed by atoms with Crippen LogP contribution in [-0.4, -0.2) is 11.7 Å². The van der Waals surface area contributed by atoms with Gasteiger partial charge < -0.3 is 4.79 Å². The van der Waals surface area contributed by atoms with E-state index in [9.17, 15) is 13.6 Å². The normalized spacial score (nSPS) is 22.8. The van der Waals surface area contributed by atoms with Crippen LogP contribution in [0.1, 0.15) is 32.6 Å². The molecule has 0 amide bonds. The Labute approximate surface area is 64.8 Å². The van der Waals surface area contributed by atoms with Crippen LogP contribution in [0.5, 0.6) is 0 Å². The summed E-state index contributed by atoms with van der Waals surface area (Å²) in [4.78, 5) is 10.5. The number of alkyl halides is 2. The Bertz CT molecular complexity index is 157. The SMILES string of the molecule is CC(=O)CCC1CC(F)(F)C1. The summed E-state index contributed by atoms with van der Waals surface area (Å²) in [6.07, 6.45) is 1.08. The van der Waals surface area contributed by atoms with Gasteiger partial charge in [0.15, 0.2) is 0 Å². The molecule has 64 valence electrons. The second kappa shape index (κ2) is 2.88. The van der Waals surface area contributed by atoms with Gasteiger partial charge in [0.05, 0.1) is 0 Å². The third-order valence-electron chi connectivity index (χ3n) is 2.08. The fourth-order valence-electron chi connectivity index (χ4n) is 1.40. The van der Waals surface area contributed by atoms with Crippen molar-refractivity contribution >= 4 is 5.78 Å².